The molecule has 2 heterocycles. The van der Waals surface area contributed by atoms with Gasteiger partial charge in [0.2, 0.25) is 11.5 Å². The number of nitrogens with zero attached hydrogens (tertiary/aromatic N) is 4. The molecule has 1 saturated carbocycles. The number of non-ortho nitro benzene ring substituents is 1. The molecule has 2 fully saturated rings. The first-order chi connectivity index (χ1) is 19.1. The number of aromatic nitrogens is 1. The Morgan fingerprint density at radius 3 is 2.30 bits per heavy atom. The molecule has 0 radical (unpaired) electrons. The molecule has 1 N–H and O–H groups in total. The molecule has 1 amide bonds. The highest BCUT2D eigenvalue weighted by Gasteiger charge is 2.57. The first kappa shape index (κ1) is 28.1. The van der Waals surface area contributed by atoms with Gasteiger partial charge in [0.05, 0.1) is 10.4 Å². The third-order valence-corrected chi connectivity index (χ3v) is 8.28. The van der Waals surface area contributed by atoms with Gasteiger partial charge in [-0.2, -0.15) is 13.2 Å². The Bertz CT molecular complexity index is 1360. The van der Waals surface area contributed by atoms with Crippen LogP contribution < -0.4 is 0 Å². The molecule has 2 aromatic carbocycles. The number of amides is 1. The molecule has 5 rings (SSSR count). The van der Waals surface area contributed by atoms with Crippen LogP contribution >= 0.6 is 0 Å². The maximum atomic E-state index is 14.7. The number of carbonyl (C=O) groups is 1. The van der Waals surface area contributed by atoms with Gasteiger partial charge in [-0.25, -0.2) is 0 Å². The lowest BCUT2D eigenvalue weighted by atomic mass is 9.88. The molecule has 0 spiro atoms. The maximum Gasteiger partial charge on any atom is 0.422 e. The van der Waals surface area contributed by atoms with E-state index >= 15 is 0 Å². The van der Waals surface area contributed by atoms with Gasteiger partial charge in [0.15, 0.2) is 0 Å². The first-order valence-electron chi connectivity index (χ1n) is 13.7. The van der Waals surface area contributed by atoms with Crippen LogP contribution in [0.25, 0.3) is 10.9 Å². The van der Waals surface area contributed by atoms with Crippen molar-refractivity contribution in [3.63, 3.8) is 0 Å². The SMILES string of the molecule is O=C(C1CCCCC1)N1CCN(CC(O)(c2cn(Cc3ccccc3)c3cc([N+](=O)[O-])ccc23)C(F)(F)F)CC1. The Morgan fingerprint density at radius 1 is 1.00 bits per heavy atom. The minimum atomic E-state index is -5.02. The van der Waals surface area contributed by atoms with Crippen LogP contribution in [0, 0.1) is 16.0 Å². The van der Waals surface area contributed by atoms with Gasteiger partial charge >= 0.3 is 6.18 Å². The van der Waals surface area contributed by atoms with Crippen LogP contribution in [0.1, 0.15) is 43.2 Å². The van der Waals surface area contributed by atoms with Gasteiger partial charge in [-0.1, -0.05) is 49.6 Å². The van der Waals surface area contributed by atoms with Crippen LogP contribution in [0.2, 0.25) is 0 Å². The van der Waals surface area contributed by atoms with Crippen molar-refractivity contribution in [2.24, 2.45) is 5.92 Å². The lowest BCUT2D eigenvalue weighted by molar-refractivity contribution is -0.384. The fourth-order valence-corrected chi connectivity index (χ4v) is 6.02. The molecule has 8 nitrogen and oxygen atoms in total. The highest BCUT2D eigenvalue weighted by Crippen LogP contribution is 2.44. The molecule has 0 bridgehead atoms. The Labute approximate surface area is 230 Å². The van der Waals surface area contributed by atoms with Crippen molar-refractivity contribution < 1.29 is 28.0 Å². The summed E-state index contributed by atoms with van der Waals surface area (Å²) in [7, 11) is 0. The molecule has 1 unspecified atom stereocenters. The molecule has 3 aromatic rings. The average molecular weight is 559 g/mol. The van der Waals surface area contributed by atoms with Gasteiger partial charge in [-0.05, 0) is 24.5 Å². The average Bonchev–Trinajstić information content (AvgIpc) is 3.31. The fraction of sp³-hybridized carbons (Fsp3) is 0.483. The number of benzene rings is 2. The van der Waals surface area contributed by atoms with Crippen LogP contribution in [0.5, 0.6) is 0 Å². The summed E-state index contributed by atoms with van der Waals surface area (Å²) in [6, 6.07) is 12.7. The molecular formula is C29H33F3N4O4. The summed E-state index contributed by atoms with van der Waals surface area (Å²) in [6.07, 6.45) is 1.14. The largest absolute Gasteiger partial charge is 0.422 e. The number of halogens is 3. The Hall–Kier alpha value is -3.44. The maximum absolute atomic E-state index is 14.7. The normalized spacial score (nSPS) is 19.1. The number of hydrogen-bond acceptors (Lipinski definition) is 5. The molecule has 1 atom stereocenters. The van der Waals surface area contributed by atoms with E-state index in [1.54, 1.807) is 21.9 Å². The van der Waals surface area contributed by atoms with Crippen molar-refractivity contribution in [3.8, 4) is 0 Å². The van der Waals surface area contributed by atoms with Crippen molar-refractivity contribution in [2.75, 3.05) is 32.7 Å². The van der Waals surface area contributed by atoms with Crippen LogP contribution in [-0.4, -0.2) is 69.2 Å². The number of piperazine rings is 1. The number of β-amino-alcohol motifs (C(OH)–C–C–N with tert-alkyl or cyclic N) is 1. The topological polar surface area (TPSA) is 91.8 Å². The summed E-state index contributed by atoms with van der Waals surface area (Å²) >= 11 is 0. The summed E-state index contributed by atoms with van der Waals surface area (Å²) in [6.45, 7) is 0.518. The van der Waals surface area contributed by atoms with Gasteiger partial charge in [0, 0.05) is 74.5 Å². The lowest BCUT2D eigenvalue weighted by Crippen LogP contribution is -2.57. The lowest BCUT2D eigenvalue weighted by Gasteiger charge is -2.41. The van der Waals surface area contributed by atoms with Crippen molar-refractivity contribution in [3.05, 3.63) is 76.0 Å². The molecule has 1 aliphatic heterocycles. The molecule has 2 aliphatic rings. The van der Waals surface area contributed by atoms with E-state index in [1.165, 1.54) is 22.9 Å². The molecule has 1 aromatic heterocycles. The van der Waals surface area contributed by atoms with Crippen LogP contribution in [0.15, 0.2) is 54.7 Å². The molecular weight excluding hydrogens is 525 g/mol. The zero-order valence-electron chi connectivity index (χ0n) is 22.1. The van der Waals surface area contributed by atoms with E-state index in [9.17, 15) is 33.2 Å². The molecule has 1 aliphatic carbocycles. The van der Waals surface area contributed by atoms with Crippen molar-refractivity contribution in [2.45, 2.75) is 50.4 Å². The van der Waals surface area contributed by atoms with E-state index in [4.69, 9.17) is 0 Å². The van der Waals surface area contributed by atoms with Crippen LogP contribution in [-0.2, 0) is 16.9 Å². The van der Waals surface area contributed by atoms with Gasteiger partial charge < -0.3 is 14.6 Å². The third kappa shape index (κ3) is 5.57. The Morgan fingerprint density at radius 2 is 1.68 bits per heavy atom. The molecule has 214 valence electrons. The second-order valence-corrected chi connectivity index (χ2v) is 10.9. The van der Waals surface area contributed by atoms with Crippen molar-refractivity contribution >= 4 is 22.5 Å². The summed E-state index contributed by atoms with van der Waals surface area (Å²) in [5.41, 5.74) is -2.79. The monoisotopic (exact) mass is 558 g/mol. The number of nitro benzene ring substituents is 1. The number of carbonyl (C=O) groups excluding carboxylic acids is 1. The number of nitro groups is 1. The summed E-state index contributed by atoms with van der Waals surface area (Å²) < 4.78 is 45.6. The standard InChI is InChI=1S/C29H33F3N4O4/c30-29(31,32)28(38,20-33-13-15-34(16-14-33)27(37)22-9-5-2-6-10-22)25-19-35(18-21-7-3-1-4-8-21)26-17-23(36(39)40)11-12-24(25)26/h1,3-4,7-8,11-12,17,19,22,38H,2,5-6,9-10,13-16,18,20H2. The van der Waals surface area contributed by atoms with Gasteiger partial charge in [0.25, 0.3) is 5.69 Å². The van der Waals surface area contributed by atoms with E-state index in [1.807, 2.05) is 18.2 Å². The molecule has 40 heavy (non-hydrogen) atoms. The zero-order chi connectivity index (χ0) is 28.5. The number of rotatable bonds is 7. The summed E-state index contributed by atoms with van der Waals surface area (Å²) in [5.74, 6) is 0.0724. The predicted octanol–water partition coefficient (Wildman–Crippen LogP) is 5.07. The Kier molecular flexibility index (Phi) is 7.87. The van der Waals surface area contributed by atoms with Crippen molar-refractivity contribution in [1.29, 1.82) is 0 Å². The second kappa shape index (κ2) is 11.2. The van der Waals surface area contributed by atoms with E-state index in [-0.39, 0.29) is 53.6 Å². The number of aliphatic hydroxyl groups is 1. The first-order valence-corrected chi connectivity index (χ1v) is 13.7. The van der Waals surface area contributed by atoms with Gasteiger partial charge in [-0.3, -0.25) is 19.8 Å². The number of fused-ring (bicyclic) bond motifs is 1. The molecule has 11 heteroatoms. The second-order valence-electron chi connectivity index (χ2n) is 10.9. The van der Waals surface area contributed by atoms with Crippen LogP contribution in [0.4, 0.5) is 18.9 Å². The highest BCUT2D eigenvalue weighted by atomic mass is 19.4. The Balaban J connectivity index is 1.43. The summed E-state index contributed by atoms with van der Waals surface area (Å²) in [4.78, 5) is 27.1. The van der Waals surface area contributed by atoms with Gasteiger partial charge in [-0.15, -0.1) is 0 Å². The van der Waals surface area contributed by atoms with Gasteiger partial charge in [0.1, 0.15) is 0 Å². The number of hydrogen-bond donors (Lipinski definition) is 1. The van der Waals surface area contributed by atoms with E-state index in [2.05, 4.69) is 0 Å². The highest BCUT2D eigenvalue weighted by molar-refractivity contribution is 5.87. The quantitative estimate of drug-likeness (QED) is 0.323. The minimum absolute atomic E-state index is 0.00721. The van der Waals surface area contributed by atoms with Crippen LogP contribution in [0.3, 0.4) is 0 Å². The minimum Gasteiger partial charge on any atom is -0.375 e. The number of alkyl halides is 3. The van der Waals surface area contributed by atoms with Crippen molar-refractivity contribution in [1.82, 2.24) is 14.4 Å². The zero-order valence-corrected chi connectivity index (χ0v) is 22.1. The van der Waals surface area contributed by atoms with E-state index in [0.717, 1.165) is 43.7 Å². The van der Waals surface area contributed by atoms with E-state index in [0.29, 0.717) is 13.1 Å². The molecule has 1 saturated heterocycles. The fourth-order valence-electron chi connectivity index (χ4n) is 6.02. The third-order valence-electron chi connectivity index (χ3n) is 8.28. The summed E-state index contributed by atoms with van der Waals surface area (Å²) in [5, 5.41) is 23.0. The predicted molar refractivity (Wildman–Crippen MR) is 144 cm³/mol. The smallest absolute Gasteiger partial charge is 0.375 e. The van der Waals surface area contributed by atoms with E-state index < -0.39 is 23.2 Å².